The van der Waals surface area contributed by atoms with Gasteiger partial charge in [-0.2, -0.15) is 4.39 Å². The number of hydrogen-bond donors (Lipinski definition) is 4. The minimum absolute atomic E-state index is 0.123. The van der Waals surface area contributed by atoms with Crippen molar-refractivity contribution >= 4 is 7.82 Å². The average Bonchev–Trinajstić information content (AvgIpc) is 2.79. The van der Waals surface area contributed by atoms with Gasteiger partial charge in [-0.3, -0.25) is 18.9 Å². The molecule has 10 nitrogen and oxygen atoms in total. The van der Waals surface area contributed by atoms with E-state index >= 15 is 0 Å². The van der Waals surface area contributed by atoms with Gasteiger partial charge < -0.3 is 19.6 Å². The van der Waals surface area contributed by atoms with Gasteiger partial charge >= 0.3 is 13.5 Å². The predicted octanol–water partition coefficient (Wildman–Crippen LogP) is -0.644. The smallest absolute Gasteiger partial charge is 0.390 e. The molecule has 2 aliphatic rings. The fourth-order valence-electron chi connectivity index (χ4n) is 3.16. The van der Waals surface area contributed by atoms with Gasteiger partial charge in [0.1, 0.15) is 17.9 Å². The monoisotopic (exact) mass is 366 g/mol. The normalized spacial score (nSPS) is 29.4. The lowest BCUT2D eigenvalue weighted by atomic mass is 9.74. The van der Waals surface area contributed by atoms with Gasteiger partial charge in [-0.1, -0.05) is 0 Å². The Morgan fingerprint density at radius 2 is 2.08 bits per heavy atom. The van der Waals surface area contributed by atoms with Crippen LogP contribution in [-0.4, -0.2) is 42.3 Å². The summed E-state index contributed by atoms with van der Waals surface area (Å²) in [6.45, 7) is 0. The van der Waals surface area contributed by atoms with Crippen LogP contribution in [-0.2, 0) is 13.8 Å². The summed E-state index contributed by atoms with van der Waals surface area (Å²) in [7, 11) is -4.81. The van der Waals surface area contributed by atoms with E-state index in [0.717, 1.165) is 4.57 Å². The molecule has 3 rings (SSSR count). The molecule has 134 valence electrons. The van der Waals surface area contributed by atoms with E-state index in [9.17, 15) is 23.7 Å². The fourth-order valence-corrected chi connectivity index (χ4v) is 3.92. The van der Waals surface area contributed by atoms with Crippen molar-refractivity contribution in [3.05, 3.63) is 32.9 Å². The summed E-state index contributed by atoms with van der Waals surface area (Å²) in [5.41, 5.74) is -3.46. The Hall–Kier alpha value is -1.36. The minimum atomic E-state index is -4.81. The molecule has 0 amide bonds. The quantitative estimate of drug-likeness (QED) is 0.514. The summed E-state index contributed by atoms with van der Waals surface area (Å²) >= 11 is 0. The van der Waals surface area contributed by atoms with Crippen molar-refractivity contribution in [2.24, 2.45) is 0 Å². The third-order valence-corrected chi connectivity index (χ3v) is 4.95. The number of phosphoric ester groups is 1. The molecule has 0 radical (unpaired) electrons. The summed E-state index contributed by atoms with van der Waals surface area (Å²) in [6.07, 6.45) is -1.66. The molecule has 1 aliphatic heterocycles. The van der Waals surface area contributed by atoms with E-state index in [1.165, 1.54) is 0 Å². The van der Waals surface area contributed by atoms with Crippen LogP contribution >= 0.6 is 7.82 Å². The number of nitrogens with one attached hydrogen (secondary N) is 1. The Morgan fingerprint density at radius 1 is 1.42 bits per heavy atom. The largest absolute Gasteiger partial charge is 0.470 e. The van der Waals surface area contributed by atoms with Crippen molar-refractivity contribution in [3.63, 3.8) is 0 Å². The molecule has 1 aromatic heterocycles. The third-order valence-electron chi connectivity index (χ3n) is 4.35. The van der Waals surface area contributed by atoms with Crippen molar-refractivity contribution in [2.45, 2.75) is 49.7 Å². The van der Waals surface area contributed by atoms with Crippen molar-refractivity contribution in [3.8, 4) is 0 Å². The average molecular weight is 366 g/mol. The van der Waals surface area contributed by atoms with Crippen LogP contribution in [0.5, 0.6) is 0 Å². The first kappa shape index (κ1) is 17.5. The molecule has 3 atom stereocenters. The maximum Gasteiger partial charge on any atom is 0.470 e. The Balaban J connectivity index is 1.87. The highest BCUT2D eigenvalue weighted by atomic mass is 31.2. The summed E-state index contributed by atoms with van der Waals surface area (Å²) in [4.78, 5) is 42.8. The number of hydrogen-bond acceptors (Lipinski definition) is 6. The SMILES string of the molecule is O=c1[nH]c(=O)n([C@H]2C[C@H](O)[C@@H](C3(OP(=O)(O)O)CCC3)O2)cc1F. The van der Waals surface area contributed by atoms with Gasteiger partial charge in [-0.15, -0.1) is 0 Å². The second-order valence-electron chi connectivity index (χ2n) is 5.96. The van der Waals surface area contributed by atoms with E-state index in [4.69, 9.17) is 19.0 Å². The van der Waals surface area contributed by atoms with E-state index in [1.54, 1.807) is 4.98 Å². The zero-order valence-corrected chi connectivity index (χ0v) is 13.2. The maximum absolute atomic E-state index is 13.4. The van der Waals surface area contributed by atoms with Crippen LogP contribution in [0.3, 0.4) is 0 Å². The molecule has 1 aliphatic carbocycles. The number of aliphatic hydroxyl groups excluding tert-OH is 1. The van der Waals surface area contributed by atoms with Gasteiger partial charge in [-0.25, -0.2) is 9.36 Å². The number of H-pyrrole nitrogens is 1. The number of phosphoric acid groups is 1. The first-order valence-electron chi connectivity index (χ1n) is 7.22. The summed E-state index contributed by atoms with van der Waals surface area (Å²) < 4.78 is 35.7. The van der Waals surface area contributed by atoms with E-state index in [-0.39, 0.29) is 19.3 Å². The first-order valence-corrected chi connectivity index (χ1v) is 8.75. The number of aromatic amines is 1. The number of ether oxygens (including phenoxy) is 1. The standard InChI is InChI=1S/C12H16FN2O8P/c13-6-5-15(11(18)14-10(6)17)8-4-7(16)9(22-8)12(2-1-3-12)23-24(19,20)21/h5,7-9,16H,1-4H2,(H,14,17,18)(H2,19,20,21)/t7-,8+,9-/m0/s1. The lowest BCUT2D eigenvalue weighted by molar-refractivity contribution is -0.167. The van der Waals surface area contributed by atoms with Crippen LogP contribution in [0.25, 0.3) is 0 Å². The second kappa shape index (κ2) is 5.87. The first-order chi connectivity index (χ1) is 11.1. The van der Waals surface area contributed by atoms with Crippen LogP contribution in [0.1, 0.15) is 31.9 Å². The Labute approximate surface area is 134 Å². The lowest BCUT2D eigenvalue weighted by Gasteiger charge is -2.45. The van der Waals surface area contributed by atoms with Gasteiger partial charge in [0.25, 0.3) is 5.56 Å². The highest BCUT2D eigenvalue weighted by molar-refractivity contribution is 7.46. The molecule has 1 saturated heterocycles. The summed E-state index contributed by atoms with van der Waals surface area (Å²) in [5.74, 6) is -1.19. The van der Waals surface area contributed by atoms with Crippen LogP contribution in [0.4, 0.5) is 4.39 Å². The van der Waals surface area contributed by atoms with Crippen LogP contribution < -0.4 is 11.2 Å². The third kappa shape index (κ3) is 3.10. The number of nitrogens with zero attached hydrogens (tertiary/aromatic N) is 1. The zero-order chi connectivity index (χ0) is 17.7. The minimum Gasteiger partial charge on any atom is -0.390 e. The van der Waals surface area contributed by atoms with E-state index < -0.39 is 48.9 Å². The molecular formula is C12H16FN2O8P. The van der Waals surface area contributed by atoms with E-state index in [0.29, 0.717) is 12.6 Å². The van der Waals surface area contributed by atoms with E-state index in [1.807, 2.05) is 0 Å². The van der Waals surface area contributed by atoms with Gasteiger partial charge in [0.15, 0.2) is 0 Å². The zero-order valence-electron chi connectivity index (χ0n) is 12.3. The van der Waals surface area contributed by atoms with Crippen LogP contribution in [0, 0.1) is 5.82 Å². The summed E-state index contributed by atoms with van der Waals surface area (Å²) in [6, 6.07) is 0. The molecule has 2 fully saturated rings. The van der Waals surface area contributed by atoms with Gasteiger partial charge in [0.2, 0.25) is 5.82 Å². The van der Waals surface area contributed by atoms with Crippen molar-refractivity contribution in [2.75, 3.05) is 0 Å². The molecule has 12 heteroatoms. The van der Waals surface area contributed by atoms with Gasteiger partial charge in [-0.05, 0) is 19.3 Å². The number of aliphatic hydroxyl groups is 1. The van der Waals surface area contributed by atoms with E-state index in [2.05, 4.69) is 0 Å². The number of rotatable bonds is 4. The number of halogens is 1. The van der Waals surface area contributed by atoms with Gasteiger partial charge in [0.05, 0.1) is 12.3 Å². The number of aromatic nitrogens is 2. The molecule has 1 aromatic rings. The molecule has 2 heterocycles. The molecule has 0 aromatic carbocycles. The predicted molar refractivity (Wildman–Crippen MR) is 75.5 cm³/mol. The van der Waals surface area contributed by atoms with Crippen molar-refractivity contribution < 1.29 is 33.1 Å². The van der Waals surface area contributed by atoms with Crippen molar-refractivity contribution in [1.82, 2.24) is 9.55 Å². The second-order valence-corrected chi connectivity index (χ2v) is 7.12. The van der Waals surface area contributed by atoms with Crippen LogP contribution in [0.2, 0.25) is 0 Å². The highest BCUT2D eigenvalue weighted by Gasteiger charge is 2.56. The molecule has 1 saturated carbocycles. The summed E-state index contributed by atoms with van der Waals surface area (Å²) in [5, 5.41) is 10.2. The molecule has 0 unspecified atom stereocenters. The lowest BCUT2D eigenvalue weighted by Crippen LogP contribution is -2.54. The fraction of sp³-hybridized carbons (Fsp3) is 0.667. The van der Waals surface area contributed by atoms with Gasteiger partial charge in [0, 0.05) is 6.42 Å². The Bertz CT molecular complexity index is 797. The van der Waals surface area contributed by atoms with Crippen molar-refractivity contribution in [1.29, 1.82) is 0 Å². The molecule has 0 spiro atoms. The highest BCUT2D eigenvalue weighted by Crippen LogP contribution is 2.54. The maximum atomic E-state index is 13.4. The topological polar surface area (TPSA) is 151 Å². The Morgan fingerprint density at radius 3 is 2.62 bits per heavy atom. The molecular weight excluding hydrogens is 350 g/mol. The van der Waals surface area contributed by atoms with Crippen LogP contribution in [0.15, 0.2) is 15.8 Å². The molecule has 4 N–H and O–H groups in total. The molecule has 0 bridgehead atoms. The Kier molecular flexibility index (Phi) is 4.27. The molecule has 24 heavy (non-hydrogen) atoms.